The van der Waals surface area contributed by atoms with Crippen molar-refractivity contribution in [3.63, 3.8) is 0 Å². The molecule has 0 spiro atoms. The van der Waals surface area contributed by atoms with E-state index in [-0.39, 0.29) is 5.78 Å². The molecule has 3 aliphatic rings. The van der Waals surface area contributed by atoms with Gasteiger partial charge in [-0.25, -0.2) is 0 Å². The van der Waals surface area contributed by atoms with Crippen molar-refractivity contribution < 1.29 is 4.79 Å². The first-order valence-corrected chi connectivity index (χ1v) is 13.1. The van der Waals surface area contributed by atoms with E-state index in [4.69, 9.17) is 0 Å². The summed E-state index contributed by atoms with van der Waals surface area (Å²) in [5, 5.41) is 0. The van der Waals surface area contributed by atoms with Crippen LogP contribution in [0, 0.1) is 0 Å². The summed E-state index contributed by atoms with van der Waals surface area (Å²) in [4.78, 5) is 22.0. The highest BCUT2D eigenvalue weighted by Gasteiger charge is 1.99. The molecule has 0 aromatic carbocycles. The zero-order chi connectivity index (χ0) is 26.6. The largest absolute Gasteiger partial charge is 0.293 e. The van der Waals surface area contributed by atoms with Crippen molar-refractivity contribution in [3.8, 4) is 0 Å². The summed E-state index contributed by atoms with van der Waals surface area (Å²) in [7, 11) is 0. The lowest BCUT2D eigenvalue weighted by atomic mass is 10.2. The molecule has 0 aromatic rings. The van der Waals surface area contributed by atoms with Gasteiger partial charge in [-0.3, -0.25) is 19.8 Å². The Morgan fingerprint density at radius 2 is 1.16 bits per heavy atom. The quantitative estimate of drug-likeness (QED) is 0.360. The van der Waals surface area contributed by atoms with Gasteiger partial charge in [0, 0.05) is 37.6 Å². The molecule has 0 fully saturated rings. The fourth-order valence-electron chi connectivity index (χ4n) is 1.70. The maximum Gasteiger partial charge on any atom is 0.173 e. The Morgan fingerprint density at radius 3 is 1.31 bits per heavy atom. The maximum atomic E-state index is 10.3. The van der Waals surface area contributed by atoms with E-state index in [1.165, 1.54) is 12.6 Å². The first-order chi connectivity index (χ1) is 15.7. The number of allylic oxidation sites excluding steroid dienone is 1. The van der Waals surface area contributed by atoms with Crippen molar-refractivity contribution in [2.75, 3.05) is 13.1 Å². The molecule has 3 heterocycles. The Balaban J connectivity index is -0.0000000644. The van der Waals surface area contributed by atoms with E-state index in [1.807, 2.05) is 95.5 Å². The Morgan fingerprint density at radius 1 is 0.656 bits per heavy atom. The van der Waals surface area contributed by atoms with Crippen LogP contribution < -0.4 is 0 Å². The van der Waals surface area contributed by atoms with E-state index in [0.29, 0.717) is 6.42 Å². The molecular formula is C28H59N3O. The van der Waals surface area contributed by atoms with E-state index < -0.39 is 0 Å². The lowest BCUT2D eigenvalue weighted by Gasteiger charge is -2.01. The minimum absolute atomic E-state index is 0.172. The van der Waals surface area contributed by atoms with Gasteiger partial charge in [-0.2, -0.15) is 0 Å². The van der Waals surface area contributed by atoms with Crippen LogP contribution >= 0.6 is 0 Å². The number of carbonyl (C=O) groups is 1. The molecule has 0 unspecified atom stereocenters. The Bertz CT molecular complexity index is 408. The van der Waals surface area contributed by atoms with E-state index in [0.717, 1.165) is 50.0 Å². The van der Waals surface area contributed by atoms with Crippen LogP contribution in [0.25, 0.3) is 0 Å². The molecule has 0 bridgehead atoms. The molecule has 0 N–H and O–H groups in total. The molecule has 4 nitrogen and oxygen atoms in total. The van der Waals surface area contributed by atoms with Crippen LogP contribution in [0.15, 0.2) is 39.4 Å². The highest BCUT2D eigenvalue weighted by atomic mass is 16.1. The minimum atomic E-state index is 0.172. The van der Waals surface area contributed by atoms with Crippen LogP contribution in [0.4, 0.5) is 0 Å². The normalized spacial score (nSPS) is 13.7. The van der Waals surface area contributed by atoms with Crippen LogP contribution in [-0.4, -0.2) is 37.5 Å². The third-order valence-corrected chi connectivity index (χ3v) is 2.85. The Kier molecular flexibility index (Phi) is 70.9. The summed E-state index contributed by atoms with van der Waals surface area (Å²) in [5.74, 6) is 0.172. The SMILES string of the molecule is C=C1C=NCC1.C=C1CCCC=N1.CC.CC.CC.CC.CC.CC.O=C1C=NCCC1. The molecule has 3 aliphatic heterocycles. The van der Waals surface area contributed by atoms with Gasteiger partial charge in [-0.1, -0.05) is 96.2 Å². The van der Waals surface area contributed by atoms with Gasteiger partial charge in [0.15, 0.2) is 5.78 Å². The minimum Gasteiger partial charge on any atom is -0.293 e. The molecular weight excluding hydrogens is 394 g/mol. The second-order valence-corrected chi connectivity index (χ2v) is 4.82. The average Bonchev–Trinajstić information content (AvgIpc) is 3.39. The summed E-state index contributed by atoms with van der Waals surface area (Å²) in [6.45, 7) is 33.2. The number of carbonyl (C=O) groups excluding carboxylic acids is 1. The van der Waals surface area contributed by atoms with Crippen LogP contribution in [-0.2, 0) is 4.79 Å². The van der Waals surface area contributed by atoms with Gasteiger partial charge in [0.05, 0.1) is 6.21 Å². The highest BCUT2D eigenvalue weighted by Crippen LogP contribution is 2.09. The molecule has 4 heteroatoms. The molecule has 0 radical (unpaired) electrons. The molecule has 0 atom stereocenters. The molecule has 3 rings (SSSR count). The number of ketones is 1. The van der Waals surface area contributed by atoms with Gasteiger partial charge in [0.25, 0.3) is 0 Å². The van der Waals surface area contributed by atoms with Gasteiger partial charge >= 0.3 is 0 Å². The molecule has 0 amide bonds. The fourth-order valence-corrected chi connectivity index (χ4v) is 1.70. The first-order valence-electron chi connectivity index (χ1n) is 13.1. The molecule has 0 saturated heterocycles. The number of Topliss-reactive ketones (excluding diaryl/α,β-unsaturated/α-hetero) is 1. The summed E-state index contributed by atoms with van der Waals surface area (Å²) >= 11 is 0. The molecule has 0 aromatic heterocycles. The lowest BCUT2D eigenvalue weighted by Crippen LogP contribution is -2.05. The number of rotatable bonds is 0. The van der Waals surface area contributed by atoms with E-state index in [9.17, 15) is 4.79 Å². The molecule has 0 aliphatic carbocycles. The van der Waals surface area contributed by atoms with Crippen molar-refractivity contribution in [1.82, 2.24) is 0 Å². The van der Waals surface area contributed by atoms with Crippen LogP contribution in [0.3, 0.4) is 0 Å². The zero-order valence-corrected chi connectivity index (χ0v) is 24.1. The Hall–Kier alpha value is -1.84. The summed E-state index contributed by atoms with van der Waals surface area (Å²) in [5.41, 5.74) is 2.20. The van der Waals surface area contributed by atoms with E-state index in [1.54, 1.807) is 0 Å². The molecule has 192 valence electrons. The predicted octanol–water partition coefficient (Wildman–Crippen LogP) is 9.35. The van der Waals surface area contributed by atoms with Crippen LogP contribution in [0.5, 0.6) is 0 Å². The first kappa shape index (κ1) is 43.9. The fraction of sp³-hybridized carbons (Fsp3) is 0.714. The van der Waals surface area contributed by atoms with Gasteiger partial charge in [-0.05, 0) is 37.7 Å². The third kappa shape index (κ3) is 46.4. The third-order valence-electron chi connectivity index (χ3n) is 2.85. The number of aliphatic imine (C=N–C) groups is 3. The van der Waals surface area contributed by atoms with Crippen molar-refractivity contribution in [2.24, 2.45) is 15.0 Å². The smallest absolute Gasteiger partial charge is 0.173 e. The summed E-state index contributed by atoms with van der Waals surface area (Å²) in [6.07, 6.45) is 11.4. The second kappa shape index (κ2) is 51.6. The van der Waals surface area contributed by atoms with Gasteiger partial charge < -0.3 is 0 Å². The molecule has 32 heavy (non-hydrogen) atoms. The number of nitrogens with zero attached hydrogens (tertiary/aromatic N) is 3. The lowest BCUT2D eigenvalue weighted by molar-refractivity contribution is -0.112. The maximum absolute atomic E-state index is 10.3. The van der Waals surface area contributed by atoms with Crippen molar-refractivity contribution in [1.29, 1.82) is 0 Å². The number of hydrogen-bond acceptors (Lipinski definition) is 4. The van der Waals surface area contributed by atoms with Crippen molar-refractivity contribution >= 4 is 24.4 Å². The highest BCUT2D eigenvalue weighted by molar-refractivity contribution is 6.27. The average molecular weight is 454 g/mol. The number of hydrogen-bond donors (Lipinski definition) is 0. The van der Waals surface area contributed by atoms with Gasteiger partial charge in [-0.15, -0.1) is 0 Å². The second-order valence-electron chi connectivity index (χ2n) is 4.82. The Labute approximate surface area is 203 Å². The van der Waals surface area contributed by atoms with Gasteiger partial charge in [0.2, 0.25) is 0 Å². The molecule has 0 saturated carbocycles. The standard InChI is InChI=1S/C6H9N.C5H7NO.C5H7N.6C2H6/c1-6-4-2-3-5-7-6;7-5-2-1-3-6-4-5;1-5-2-3-6-4-5;6*1-2/h5H,1-4H2;4H,1-3H2;4H,1-3H2;6*1-2H3. The van der Waals surface area contributed by atoms with E-state index >= 15 is 0 Å². The topological polar surface area (TPSA) is 54.1 Å². The van der Waals surface area contributed by atoms with Gasteiger partial charge in [0.1, 0.15) is 0 Å². The van der Waals surface area contributed by atoms with Crippen LogP contribution in [0.1, 0.15) is 122 Å². The summed E-state index contributed by atoms with van der Waals surface area (Å²) < 4.78 is 0. The monoisotopic (exact) mass is 453 g/mol. The van der Waals surface area contributed by atoms with Crippen LogP contribution in [0.2, 0.25) is 0 Å². The van der Waals surface area contributed by atoms with Crippen molar-refractivity contribution in [3.05, 3.63) is 24.4 Å². The van der Waals surface area contributed by atoms with Crippen molar-refractivity contribution in [2.45, 2.75) is 122 Å². The predicted molar refractivity (Wildman–Crippen MR) is 154 cm³/mol. The summed E-state index contributed by atoms with van der Waals surface area (Å²) in [6, 6.07) is 0. The zero-order valence-electron chi connectivity index (χ0n) is 24.1. The van der Waals surface area contributed by atoms with E-state index in [2.05, 4.69) is 28.1 Å².